The Morgan fingerprint density at radius 1 is 1.70 bits per heavy atom. The number of rotatable bonds is 2. The second-order valence-electron chi connectivity index (χ2n) is 2.15. The molecular weight excluding hydrogens is 152 g/mol. The highest BCUT2D eigenvalue weighted by Crippen LogP contribution is 1.93. The molecule has 3 nitrogen and oxygen atoms in total. The smallest absolute Gasteiger partial charge is 0.252 e. The van der Waals surface area contributed by atoms with Crippen LogP contribution in [0.2, 0.25) is 0 Å². The number of hydrogen-bond acceptors (Lipinski definition) is 2. The summed E-state index contributed by atoms with van der Waals surface area (Å²) in [6, 6.07) is 1.65. The zero-order valence-electron chi connectivity index (χ0n) is 5.89. The SMILES string of the molecule is CC(C)NC(=O)C(Cl)C#N. The van der Waals surface area contributed by atoms with Gasteiger partial charge in [0.05, 0.1) is 6.07 Å². The van der Waals surface area contributed by atoms with Gasteiger partial charge < -0.3 is 5.32 Å². The van der Waals surface area contributed by atoms with E-state index < -0.39 is 11.3 Å². The molecule has 0 radical (unpaired) electrons. The van der Waals surface area contributed by atoms with E-state index in [1.807, 2.05) is 0 Å². The number of carbonyl (C=O) groups is 1. The molecule has 0 aliphatic heterocycles. The van der Waals surface area contributed by atoms with Crippen molar-refractivity contribution in [1.29, 1.82) is 5.26 Å². The quantitative estimate of drug-likeness (QED) is 0.603. The van der Waals surface area contributed by atoms with Crippen molar-refractivity contribution in [1.82, 2.24) is 5.32 Å². The predicted octanol–water partition coefficient (Wildman–Crippen LogP) is 0.642. The first-order valence-electron chi connectivity index (χ1n) is 2.92. The van der Waals surface area contributed by atoms with Crippen LogP contribution in [0.15, 0.2) is 0 Å². The highest BCUT2D eigenvalue weighted by Gasteiger charge is 2.13. The van der Waals surface area contributed by atoms with Crippen LogP contribution in [-0.2, 0) is 4.79 Å². The van der Waals surface area contributed by atoms with Crippen LogP contribution >= 0.6 is 11.6 Å². The molecule has 1 amide bonds. The van der Waals surface area contributed by atoms with Gasteiger partial charge >= 0.3 is 0 Å². The predicted molar refractivity (Wildman–Crippen MR) is 38.5 cm³/mol. The van der Waals surface area contributed by atoms with Gasteiger partial charge in [-0.15, -0.1) is 0 Å². The summed E-state index contributed by atoms with van der Waals surface area (Å²) in [5, 5.41) is 9.61. The number of amides is 1. The number of nitriles is 1. The van der Waals surface area contributed by atoms with Crippen LogP contribution in [0.25, 0.3) is 0 Å². The van der Waals surface area contributed by atoms with Crippen LogP contribution < -0.4 is 5.32 Å². The standard InChI is InChI=1S/C6H9ClN2O/c1-4(2)9-6(10)5(7)3-8/h4-5H,1-2H3,(H,9,10). The Hall–Kier alpha value is -0.750. The minimum absolute atomic E-state index is 0.0297. The van der Waals surface area contributed by atoms with E-state index in [0.717, 1.165) is 0 Å². The molecule has 4 heteroatoms. The average Bonchev–Trinajstić information content (AvgIpc) is 1.85. The summed E-state index contributed by atoms with van der Waals surface area (Å²) in [4.78, 5) is 10.7. The fourth-order valence-corrected chi connectivity index (χ4v) is 0.479. The molecule has 1 atom stereocenters. The van der Waals surface area contributed by atoms with Gasteiger partial charge in [0.2, 0.25) is 0 Å². The maximum atomic E-state index is 10.7. The maximum absolute atomic E-state index is 10.7. The largest absolute Gasteiger partial charge is 0.352 e. The highest BCUT2D eigenvalue weighted by atomic mass is 35.5. The lowest BCUT2D eigenvalue weighted by molar-refractivity contribution is -0.120. The molecule has 10 heavy (non-hydrogen) atoms. The number of alkyl halides is 1. The van der Waals surface area contributed by atoms with Crippen molar-refractivity contribution >= 4 is 17.5 Å². The topological polar surface area (TPSA) is 52.9 Å². The van der Waals surface area contributed by atoms with Gasteiger partial charge in [-0.2, -0.15) is 5.26 Å². The molecule has 1 N–H and O–H groups in total. The van der Waals surface area contributed by atoms with Gasteiger partial charge in [0.1, 0.15) is 0 Å². The molecule has 1 unspecified atom stereocenters. The zero-order chi connectivity index (χ0) is 8.15. The first-order valence-corrected chi connectivity index (χ1v) is 3.35. The number of nitrogens with one attached hydrogen (secondary N) is 1. The molecule has 0 aromatic rings. The van der Waals surface area contributed by atoms with Crippen LogP contribution in [0.1, 0.15) is 13.8 Å². The van der Waals surface area contributed by atoms with Gasteiger partial charge in [-0.3, -0.25) is 4.79 Å². The summed E-state index contributed by atoms with van der Waals surface area (Å²) in [5.74, 6) is -0.431. The van der Waals surface area contributed by atoms with Crippen LogP contribution in [0, 0.1) is 11.3 Å². The van der Waals surface area contributed by atoms with Crippen molar-refractivity contribution in [2.24, 2.45) is 0 Å². The lowest BCUT2D eigenvalue weighted by Gasteiger charge is -2.07. The van der Waals surface area contributed by atoms with Crippen LogP contribution in [0.3, 0.4) is 0 Å². The summed E-state index contributed by atoms with van der Waals surface area (Å²) in [7, 11) is 0. The molecular formula is C6H9ClN2O. The number of hydrogen-bond donors (Lipinski definition) is 1. The van der Waals surface area contributed by atoms with E-state index >= 15 is 0 Å². The molecule has 0 rings (SSSR count). The molecule has 0 fully saturated rings. The first kappa shape index (κ1) is 9.25. The van der Waals surface area contributed by atoms with E-state index in [0.29, 0.717) is 0 Å². The van der Waals surface area contributed by atoms with Crippen molar-refractivity contribution in [3.63, 3.8) is 0 Å². The lowest BCUT2D eigenvalue weighted by Crippen LogP contribution is -2.35. The number of carbonyl (C=O) groups excluding carboxylic acids is 1. The third kappa shape index (κ3) is 3.31. The summed E-state index contributed by atoms with van der Waals surface area (Å²) in [6.07, 6.45) is 0. The van der Waals surface area contributed by atoms with Crippen molar-refractivity contribution in [3.8, 4) is 6.07 Å². The van der Waals surface area contributed by atoms with E-state index in [9.17, 15) is 4.79 Å². The van der Waals surface area contributed by atoms with Gasteiger partial charge in [0.25, 0.3) is 5.91 Å². The van der Waals surface area contributed by atoms with Crippen molar-refractivity contribution in [2.75, 3.05) is 0 Å². The second-order valence-corrected chi connectivity index (χ2v) is 2.59. The molecule has 0 spiro atoms. The van der Waals surface area contributed by atoms with Gasteiger partial charge in [-0.1, -0.05) is 11.6 Å². The molecule has 0 bridgehead atoms. The molecule has 0 aliphatic rings. The molecule has 0 aromatic carbocycles. The molecule has 0 heterocycles. The monoisotopic (exact) mass is 160 g/mol. The van der Waals surface area contributed by atoms with Crippen molar-refractivity contribution in [2.45, 2.75) is 25.3 Å². The van der Waals surface area contributed by atoms with E-state index in [-0.39, 0.29) is 6.04 Å². The van der Waals surface area contributed by atoms with Crippen LogP contribution in [-0.4, -0.2) is 17.3 Å². The van der Waals surface area contributed by atoms with Gasteiger partial charge in [0, 0.05) is 6.04 Å². The fourth-order valence-electron chi connectivity index (χ4n) is 0.416. The fraction of sp³-hybridized carbons (Fsp3) is 0.667. The Bertz CT molecular complexity index is 162. The molecule has 56 valence electrons. The van der Waals surface area contributed by atoms with E-state index in [1.54, 1.807) is 19.9 Å². The first-order chi connectivity index (χ1) is 4.57. The maximum Gasteiger partial charge on any atom is 0.252 e. The Morgan fingerprint density at radius 3 is 2.50 bits per heavy atom. The lowest BCUT2D eigenvalue weighted by atomic mass is 10.3. The summed E-state index contributed by atoms with van der Waals surface area (Å²) in [6.45, 7) is 3.61. The molecule has 0 aliphatic carbocycles. The normalized spacial score (nSPS) is 12.3. The van der Waals surface area contributed by atoms with Crippen LogP contribution in [0.5, 0.6) is 0 Å². The number of nitrogens with zero attached hydrogens (tertiary/aromatic N) is 1. The molecule has 0 aromatic heterocycles. The minimum atomic E-state index is -1.07. The highest BCUT2D eigenvalue weighted by molar-refractivity contribution is 6.32. The third-order valence-electron chi connectivity index (χ3n) is 0.774. The van der Waals surface area contributed by atoms with Gasteiger partial charge in [-0.05, 0) is 13.8 Å². The van der Waals surface area contributed by atoms with E-state index in [1.165, 1.54) is 0 Å². The Morgan fingerprint density at radius 2 is 2.20 bits per heavy atom. The summed E-state index contributed by atoms with van der Waals surface area (Å²) < 4.78 is 0. The van der Waals surface area contributed by atoms with Crippen LogP contribution in [0.4, 0.5) is 0 Å². The van der Waals surface area contributed by atoms with E-state index in [2.05, 4.69) is 5.32 Å². The number of halogens is 1. The zero-order valence-corrected chi connectivity index (χ0v) is 6.64. The summed E-state index contributed by atoms with van der Waals surface area (Å²) in [5.41, 5.74) is 0. The third-order valence-corrected chi connectivity index (χ3v) is 1.07. The molecule has 0 saturated carbocycles. The second kappa shape index (κ2) is 4.13. The van der Waals surface area contributed by atoms with Crippen molar-refractivity contribution < 1.29 is 4.79 Å². The van der Waals surface area contributed by atoms with Gasteiger partial charge in [0.15, 0.2) is 5.38 Å². The Balaban J connectivity index is 3.76. The van der Waals surface area contributed by atoms with Crippen molar-refractivity contribution in [3.05, 3.63) is 0 Å². The minimum Gasteiger partial charge on any atom is -0.352 e. The van der Waals surface area contributed by atoms with Gasteiger partial charge in [-0.25, -0.2) is 0 Å². The average molecular weight is 161 g/mol. The summed E-state index contributed by atoms with van der Waals surface area (Å²) >= 11 is 5.29. The van der Waals surface area contributed by atoms with E-state index in [4.69, 9.17) is 16.9 Å². The molecule has 0 saturated heterocycles. The Labute approximate surface area is 65.0 Å². The Kier molecular flexibility index (Phi) is 3.82.